The maximum absolute atomic E-state index is 10.1. The lowest BCUT2D eigenvalue weighted by atomic mass is 10.1. The van der Waals surface area contributed by atoms with Crippen molar-refractivity contribution in [3.05, 3.63) is 34.8 Å². The third kappa shape index (κ3) is 4.16. The maximum Gasteiger partial charge on any atom is 0.131 e. The Kier molecular flexibility index (Phi) is 5.20. The van der Waals surface area contributed by atoms with Crippen LogP contribution >= 0.6 is 11.3 Å². The Labute approximate surface area is 133 Å². The molecule has 3 heterocycles. The molecule has 0 bridgehead atoms. The molecule has 7 heteroatoms. The molecule has 0 aromatic carbocycles. The van der Waals surface area contributed by atoms with E-state index in [9.17, 15) is 5.11 Å². The zero-order valence-corrected chi connectivity index (χ0v) is 13.1. The van der Waals surface area contributed by atoms with E-state index in [0.717, 1.165) is 30.8 Å². The average Bonchev–Trinajstić information content (AvgIpc) is 3.08. The Balaban J connectivity index is 1.54. The van der Waals surface area contributed by atoms with E-state index in [1.54, 1.807) is 11.3 Å². The highest BCUT2D eigenvalue weighted by molar-refractivity contribution is 7.07. The second-order valence-corrected chi connectivity index (χ2v) is 6.08. The van der Waals surface area contributed by atoms with Crippen LogP contribution in [0.1, 0.15) is 24.5 Å². The van der Waals surface area contributed by atoms with Crippen molar-refractivity contribution in [3.8, 4) is 0 Å². The van der Waals surface area contributed by atoms with Crippen LogP contribution in [0, 0.1) is 0 Å². The van der Waals surface area contributed by atoms with Gasteiger partial charge in [0.25, 0.3) is 0 Å². The molecule has 118 valence electrons. The van der Waals surface area contributed by atoms with Gasteiger partial charge in [0, 0.05) is 19.2 Å². The number of ether oxygens (including phenoxy) is 1. The Morgan fingerprint density at radius 1 is 1.41 bits per heavy atom. The standard InChI is InChI=1S/C15H20N4O2S/c20-13(11-3-5-22-9-11)7-16-14-6-15(18-10-17-14)19-12-2-1-4-21-8-12/h3,5-6,9-10,12-13,20H,1-2,4,7-8H2,(H2,16,17,18,19)/t12-,13-/m0/s1. The quantitative estimate of drug-likeness (QED) is 0.758. The zero-order chi connectivity index (χ0) is 15.2. The largest absolute Gasteiger partial charge is 0.387 e. The highest BCUT2D eigenvalue weighted by Gasteiger charge is 2.14. The van der Waals surface area contributed by atoms with E-state index in [-0.39, 0.29) is 0 Å². The number of thiophene rings is 1. The molecule has 0 aliphatic carbocycles. The third-order valence-electron chi connectivity index (χ3n) is 3.58. The van der Waals surface area contributed by atoms with Gasteiger partial charge in [-0.05, 0) is 35.2 Å². The highest BCUT2D eigenvalue weighted by atomic mass is 32.1. The van der Waals surface area contributed by atoms with E-state index in [1.807, 2.05) is 22.9 Å². The van der Waals surface area contributed by atoms with Gasteiger partial charge in [0.1, 0.15) is 18.0 Å². The molecule has 3 rings (SSSR count). The molecule has 0 amide bonds. The Morgan fingerprint density at radius 3 is 3.09 bits per heavy atom. The summed E-state index contributed by atoms with van der Waals surface area (Å²) in [6.07, 6.45) is 3.14. The lowest BCUT2D eigenvalue weighted by molar-refractivity contribution is 0.0875. The van der Waals surface area contributed by atoms with E-state index in [1.165, 1.54) is 6.33 Å². The summed E-state index contributed by atoms with van der Waals surface area (Å²) in [5.41, 5.74) is 0.921. The van der Waals surface area contributed by atoms with Gasteiger partial charge in [-0.1, -0.05) is 0 Å². The summed E-state index contributed by atoms with van der Waals surface area (Å²) in [5.74, 6) is 1.47. The Morgan fingerprint density at radius 2 is 2.32 bits per heavy atom. The predicted molar refractivity (Wildman–Crippen MR) is 87.3 cm³/mol. The molecule has 1 aliphatic rings. The molecule has 2 atom stereocenters. The summed E-state index contributed by atoms with van der Waals surface area (Å²) in [4.78, 5) is 8.42. The van der Waals surface area contributed by atoms with Crippen molar-refractivity contribution in [2.75, 3.05) is 30.4 Å². The first-order chi connectivity index (χ1) is 10.8. The molecule has 1 aliphatic heterocycles. The molecule has 2 aromatic heterocycles. The summed E-state index contributed by atoms with van der Waals surface area (Å²) in [5, 5.41) is 20.5. The van der Waals surface area contributed by atoms with Gasteiger partial charge < -0.3 is 20.5 Å². The smallest absolute Gasteiger partial charge is 0.131 e. The molecular formula is C15H20N4O2S. The van der Waals surface area contributed by atoms with E-state index >= 15 is 0 Å². The molecule has 0 spiro atoms. The number of anilines is 2. The van der Waals surface area contributed by atoms with Gasteiger partial charge in [-0.25, -0.2) is 9.97 Å². The first kappa shape index (κ1) is 15.2. The average molecular weight is 320 g/mol. The summed E-state index contributed by atoms with van der Waals surface area (Å²) < 4.78 is 5.45. The minimum atomic E-state index is -0.538. The minimum absolute atomic E-state index is 0.299. The molecule has 0 saturated carbocycles. The number of rotatable bonds is 6. The Hall–Kier alpha value is -1.70. The van der Waals surface area contributed by atoms with Crippen LogP contribution in [0.5, 0.6) is 0 Å². The molecule has 0 radical (unpaired) electrons. The van der Waals surface area contributed by atoms with Crippen LogP contribution < -0.4 is 10.6 Å². The number of nitrogens with zero attached hydrogens (tertiary/aromatic N) is 2. The van der Waals surface area contributed by atoms with Crippen molar-refractivity contribution in [2.45, 2.75) is 25.0 Å². The van der Waals surface area contributed by atoms with Gasteiger partial charge in [0.15, 0.2) is 0 Å². The maximum atomic E-state index is 10.1. The number of aliphatic hydroxyl groups is 1. The summed E-state index contributed by atoms with van der Waals surface area (Å²) in [7, 11) is 0. The SMILES string of the molecule is O[C@@H](CNc1cc(N[C@H]2CCCOC2)ncn1)c1ccsc1. The normalized spacial score (nSPS) is 19.6. The molecule has 0 unspecified atom stereocenters. The van der Waals surface area contributed by atoms with Crippen molar-refractivity contribution in [1.29, 1.82) is 0 Å². The molecule has 2 aromatic rings. The van der Waals surface area contributed by atoms with Crippen LogP contribution in [0.3, 0.4) is 0 Å². The number of aromatic nitrogens is 2. The highest BCUT2D eigenvalue weighted by Crippen LogP contribution is 2.18. The van der Waals surface area contributed by atoms with Crippen LogP contribution in [-0.4, -0.2) is 40.9 Å². The van der Waals surface area contributed by atoms with Crippen molar-refractivity contribution in [3.63, 3.8) is 0 Å². The molecule has 22 heavy (non-hydrogen) atoms. The fraction of sp³-hybridized carbons (Fsp3) is 0.467. The van der Waals surface area contributed by atoms with Gasteiger partial charge in [0.2, 0.25) is 0 Å². The van der Waals surface area contributed by atoms with Crippen molar-refractivity contribution >= 4 is 23.0 Å². The summed E-state index contributed by atoms with van der Waals surface area (Å²) in [6, 6.07) is 4.08. The van der Waals surface area contributed by atoms with E-state index < -0.39 is 6.10 Å². The lowest BCUT2D eigenvalue weighted by Crippen LogP contribution is -2.30. The molecule has 1 fully saturated rings. The van der Waals surface area contributed by atoms with E-state index in [2.05, 4.69) is 20.6 Å². The van der Waals surface area contributed by atoms with Gasteiger partial charge in [-0.15, -0.1) is 0 Å². The molecule has 1 saturated heterocycles. The summed E-state index contributed by atoms with van der Waals surface area (Å²) in [6.45, 7) is 1.97. The van der Waals surface area contributed by atoms with Gasteiger partial charge in [-0.2, -0.15) is 11.3 Å². The van der Waals surface area contributed by atoms with Crippen LogP contribution in [0.4, 0.5) is 11.6 Å². The first-order valence-electron chi connectivity index (χ1n) is 7.41. The minimum Gasteiger partial charge on any atom is -0.387 e. The van der Waals surface area contributed by atoms with Crippen molar-refractivity contribution in [2.24, 2.45) is 0 Å². The van der Waals surface area contributed by atoms with E-state index in [0.29, 0.717) is 25.0 Å². The van der Waals surface area contributed by atoms with Crippen molar-refractivity contribution < 1.29 is 9.84 Å². The monoisotopic (exact) mass is 320 g/mol. The van der Waals surface area contributed by atoms with Gasteiger partial charge in [0.05, 0.1) is 18.8 Å². The fourth-order valence-corrected chi connectivity index (χ4v) is 3.09. The van der Waals surface area contributed by atoms with Crippen LogP contribution in [0.2, 0.25) is 0 Å². The number of hydrogen-bond acceptors (Lipinski definition) is 7. The predicted octanol–water partition coefficient (Wildman–Crippen LogP) is 2.27. The second-order valence-electron chi connectivity index (χ2n) is 5.30. The lowest BCUT2D eigenvalue weighted by Gasteiger charge is -2.23. The van der Waals surface area contributed by atoms with Crippen LogP contribution in [0.15, 0.2) is 29.2 Å². The van der Waals surface area contributed by atoms with Crippen LogP contribution in [-0.2, 0) is 4.74 Å². The third-order valence-corrected chi connectivity index (χ3v) is 4.29. The number of hydrogen-bond donors (Lipinski definition) is 3. The number of aliphatic hydroxyl groups excluding tert-OH is 1. The first-order valence-corrected chi connectivity index (χ1v) is 8.36. The van der Waals surface area contributed by atoms with Crippen LogP contribution in [0.25, 0.3) is 0 Å². The van der Waals surface area contributed by atoms with Crippen molar-refractivity contribution in [1.82, 2.24) is 9.97 Å². The second kappa shape index (κ2) is 7.53. The fourth-order valence-electron chi connectivity index (χ4n) is 2.38. The van der Waals surface area contributed by atoms with E-state index in [4.69, 9.17) is 4.74 Å². The van der Waals surface area contributed by atoms with Gasteiger partial charge in [-0.3, -0.25) is 0 Å². The molecule has 6 nitrogen and oxygen atoms in total. The topological polar surface area (TPSA) is 79.3 Å². The number of nitrogens with one attached hydrogen (secondary N) is 2. The molecular weight excluding hydrogens is 300 g/mol. The zero-order valence-electron chi connectivity index (χ0n) is 12.2. The Bertz CT molecular complexity index is 573. The van der Waals surface area contributed by atoms with Gasteiger partial charge >= 0.3 is 0 Å². The summed E-state index contributed by atoms with van der Waals surface area (Å²) >= 11 is 1.58. The molecule has 3 N–H and O–H groups in total.